The van der Waals surface area contributed by atoms with Gasteiger partial charge in [-0.3, -0.25) is 9.59 Å². The molecular weight excluding hydrogens is 384 g/mol. The number of hydrogen-bond donors (Lipinski definition) is 0. The van der Waals surface area contributed by atoms with Crippen LogP contribution in [0.2, 0.25) is 0 Å². The van der Waals surface area contributed by atoms with Crippen LogP contribution >= 0.6 is 11.3 Å². The minimum atomic E-state index is -0.302. The van der Waals surface area contributed by atoms with Crippen LogP contribution in [0.15, 0.2) is 35.7 Å². The van der Waals surface area contributed by atoms with Gasteiger partial charge in [-0.15, -0.1) is 11.3 Å². The summed E-state index contributed by atoms with van der Waals surface area (Å²) in [6, 6.07) is 10.1. The molecule has 2 fully saturated rings. The molecule has 0 N–H and O–H groups in total. The van der Waals surface area contributed by atoms with E-state index in [1.165, 1.54) is 0 Å². The zero-order valence-corrected chi connectivity index (χ0v) is 17.9. The van der Waals surface area contributed by atoms with Gasteiger partial charge in [-0.25, -0.2) is 0 Å². The Morgan fingerprint density at radius 3 is 2.86 bits per heavy atom. The molecule has 5 nitrogen and oxygen atoms in total. The molecule has 2 aromatic rings. The van der Waals surface area contributed by atoms with Gasteiger partial charge in [0.1, 0.15) is 0 Å². The Morgan fingerprint density at radius 2 is 2.14 bits per heavy atom. The monoisotopic (exact) mass is 412 g/mol. The predicted molar refractivity (Wildman–Crippen MR) is 115 cm³/mol. The van der Waals surface area contributed by atoms with E-state index in [9.17, 15) is 9.59 Å². The normalized spacial score (nSPS) is 21.7. The van der Waals surface area contributed by atoms with E-state index < -0.39 is 0 Å². The largest absolute Gasteiger partial charge is 0.376 e. The smallest absolute Gasteiger partial charge is 0.228 e. The van der Waals surface area contributed by atoms with E-state index in [0.717, 1.165) is 41.1 Å². The van der Waals surface area contributed by atoms with Crippen LogP contribution in [0.5, 0.6) is 0 Å². The van der Waals surface area contributed by atoms with Gasteiger partial charge in [-0.1, -0.05) is 18.2 Å². The van der Waals surface area contributed by atoms with Crippen molar-refractivity contribution in [1.29, 1.82) is 0 Å². The highest BCUT2D eigenvalue weighted by Gasteiger charge is 2.38. The highest BCUT2D eigenvalue weighted by Crippen LogP contribution is 2.31. The molecule has 1 aromatic heterocycles. The number of nitrogens with zero attached hydrogens (tertiary/aromatic N) is 2. The fourth-order valence-corrected chi connectivity index (χ4v) is 4.97. The molecule has 154 valence electrons. The van der Waals surface area contributed by atoms with Crippen LogP contribution in [0.25, 0.3) is 0 Å². The second kappa shape index (κ2) is 8.67. The van der Waals surface area contributed by atoms with E-state index in [2.05, 4.69) is 6.07 Å². The topological polar surface area (TPSA) is 49.9 Å². The predicted octanol–water partition coefficient (Wildman–Crippen LogP) is 3.93. The zero-order valence-electron chi connectivity index (χ0n) is 17.1. The van der Waals surface area contributed by atoms with Crippen LogP contribution in [0, 0.1) is 19.8 Å². The first-order valence-corrected chi connectivity index (χ1v) is 11.2. The first kappa shape index (κ1) is 20.1. The van der Waals surface area contributed by atoms with E-state index in [-0.39, 0.29) is 30.3 Å². The molecule has 2 unspecified atom stereocenters. The molecule has 0 radical (unpaired) electrons. The lowest BCUT2D eigenvalue weighted by atomic mass is 10.1. The third-order valence-electron chi connectivity index (χ3n) is 6.03. The Hall–Kier alpha value is -2.18. The highest BCUT2D eigenvalue weighted by molar-refractivity contribution is 7.09. The first-order chi connectivity index (χ1) is 14.0. The number of amides is 2. The molecule has 0 saturated carbocycles. The quantitative estimate of drug-likeness (QED) is 0.722. The minimum absolute atomic E-state index is 0.0326. The van der Waals surface area contributed by atoms with Crippen LogP contribution in [0.3, 0.4) is 0 Å². The fraction of sp³-hybridized carbons (Fsp3) is 0.478. The van der Waals surface area contributed by atoms with E-state index in [1.807, 2.05) is 48.4 Å². The van der Waals surface area contributed by atoms with Crippen molar-refractivity contribution in [3.63, 3.8) is 0 Å². The molecule has 2 aliphatic rings. The average Bonchev–Trinajstić information content (AvgIpc) is 3.46. The third-order valence-corrected chi connectivity index (χ3v) is 6.89. The number of anilines is 1. The number of ether oxygens (including phenoxy) is 1. The van der Waals surface area contributed by atoms with Gasteiger partial charge < -0.3 is 14.5 Å². The Bertz CT molecular complexity index is 874. The molecule has 29 heavy (non-hydrogen) atoms. The molecule has 0 spiro atoms. The Morgan fingerprint density at radius 1 is 1.28 bits per heavy atom. The number of carbonyl (C=O) groups excluding carboxylic acids is 2. The van der Waals surface area contributed by atoms with Gasteiger partial charge in [0.15, 0.2) is 0 Å². The van der Waals surface area contributed by atoms with Crippen molar-refractivity contribution in [1.82, 2.24) is 4.90 Å². The van der Waals surface area contributed by atoms with Crippen LogP contribution in [-0.4, -0.2) is 42.5 Å². The fourth-order valence-electron chi connectivity index (χ4n) is 4.25. The van der Waals surface area contributed by atoms with E-state index in [0.29, 0.717) is 19.6 Å². The number of aryl methyl sites for hydroxylation is 1. The number of hydrogen-bond acceptors (Lipinski definition) is 4. The summed E-state index contributed by atoms with van der Waals surface area (Å²) in [6.45, 7) is 6.50. The number of carbonyl (C=O) groups is 2. The van der Waals surface area contributed by atoms with E-state index in [4.69, 9.17) is 4.74 Å². The summed E-state index contributed by atoms with van der Waals surface area (Å²) in [5, 5.41) is 2.03. The molecule has 2 atom stereocenters. The molecule has 6 heteroatoms. The van der Waals surface area contributed by atoms with Crippen molar-refractivity contribution in [3.8, 4) is 0 Å². The standard InChI is InChI=1S/C23H28N2O3S/c1-16-6-3-9-21(17(16)2)25-13-18(12-22(25)26)23(27)24(14-19-7-4-10-28-19)15-20-8-5-11-29-20/h3,5-6,8-9,11,18-19H,4,7,10,12-15H2,1-2H3. The van der Waals surface area contributed by atoms with Crippen molar-refractivity contribution in [3.05, 3.63) is 51.7 Å². The molecule has 3 heterocycles. The second-order valence-electron chi connectivity index (χ2n) is 8.06. The second-order valence-corrected chi connectivity index (χ2v) is 9.09. The van der Waals surface area contributed by atoms with Gasteiger partial charge in [0, 0.05) is 36.7 Å². The maximum absolute atomic E-state index is 13.4. The summed E-state index contributed by atoms with van der Waals surface area (Å²) in [7, 11) is 0. The number of rotatable bonds is 6. The van der Waals surface area contributed by atoms with E-state index >= 15 is 0 Å². The van der Waals surface area contributed by atoms with Gasteiger partial charge in [0.25, 0.3) is 0 Å². The maximum atomic E-state index is 13.4. The SMILES string of the molecule is Cc1cccc(N2CC(C(=O)N(Cc3cccs3)CC3CCCO3)CC2=O)c1C. The molecule has 1 aromatic carbocycles. The highest BCUT2D eigenvalue weighted by atomic mass is 32.1. The summed E-state index contributed by atoms with van der Waals surface area (Å²) in [4.78, 5) is 31.1. The molecule has 0 aliphatic carbocycles. The summed E-state index contributed by atoms with van der Waals surface area (Å²) >= 11 is 1.66. The molecule has 2 saturated heterocycles. The average molecular weight is 413 g/mol. The lowest BCUT2D eigenvalue weighted by Gasteiger charge is -2.28. The summed E-state index contributed by atoms with van der Waals surface area (Å²) in [6.07, 6.45) is 2.42. The number of thiophene rings is 1. The maximum Gasteiger partial charge on any atom is 0.228 e. The van der Waals surface area contributed by atoms with Crippen LogP contribution in [0.4, 0.5) is 5.69 Å². The Balaban J connectivity index is 1.51. The van der Waals surface area contributed by atoms with Crippen molar-refractivity contribution in [2.45, 2.75) is 45.8 Å². The summed E-state index contributed by atoms with van der Waals surface area (Å²) in [5.74, 6) is -0.205. The first-order valence-electron chi connectivity index (χ1n) is 10.3. The molecule has 2 aliphatic heterocycles. The lowest BCUT2D eigenvalue weighted by Crippen LogP contribution is -2.41. The summed E-state index contributed by atoms with van der Waals surface area (Å²) < 4.78 is 5.79. The molecule has 2 amide bonds. The van der Waals surface area contributed by atoms with Crippen molar-refractivity contribution in [2.75, 3.05) is 24.6 Å². The minimum Gasteiger partial charge on any atom is -0.376 e. The molecular formula is C23H28N2O3S. The van der Waals surface area contributed by atoms with Crippen LogP contribution < -0.4 is 4.90 Å². The van der Waals surface area contributed by atoms with Crippen molar-refractivity contribution in [2.24, 2.45) is 5.92 Å². The van der Waals surface area contributed by atoms with Gasteiger partial charge >= 0.3 is 0 Å². The van der Waals surface area contributed by atoms with Crippen molar-refractivity contribution < 1.29 is 14.3 Å². The van der Waals surface area contributed by atoms with Gasteiger partial charge in [0.05, 0.1) is 18.6 Å². The Kier molecular flexibility index (Phi) is 6.01. The molecule has 0 bridgehead atoms. The van der Waals surface area contributed by atoms with Gasteiger partial charge in [0.2, 0.25) is 11.8 Å². The van der Waals surface area contributed by atoms with Gasteiger partial charge in [-0.05, 0) is 55.3 Å². The Labute approximate surface area is 176 Å². The number of benzene rings is 1. The lowest BCUT2D eigenvalue weighted by molar-refractivity contribution is -0.138. The molecule has 4 rings (SSSR count). The van der Waals surface area contributed by atoms with Crippen LogP contribution in [0.1, 0.15) is 35.3 Å². The zero-order chi connectivity index (χ0) is 20.4. The summed E-state index contributed by atoms with van der Waals surface area (Å²) in [5.41, 5.74) is 3.18. The van der Waals surface area contributed by atoms with Crippen LogP contribution in [-0.2, 0) is 20.9 Å². The third kappa shape index (κ3) is 4.38. The van der Waals surface area contributed by atoms with E-state index in [1.54, 1.807) is 16.2 Å². The van der Waals surface area contributed by atoms with Crippen molar-refractivity contribution >= 4 is 28.8 Å². The van der Waals surface area contributed by atoms with Gasteiger partial charge in [-0.2, -0.15) is 0 Å².